The fourth-order valence-electron chi connectivity index (χ4n) is 3.78. The molecule has 0 spiro atoms. The van der Waals surface area contributed by atoms with Crippen molar-refractivity contribution in [3.05, 3.63) is 192 Å². The first-order valence-electron chi connectivity index (χ1n) is 12.1. The van der Waals surface area contributed by atoms with Crippen LogP contribution < -0.4 is 4.74 Å². The molecule has 42 heavy (non-hydrogen) atoms. The molecule has 0 N–H and O–H groups in total. The smallest absolute Gasteiger partial charge is 0.122 e. The summed E-state index contributed by atoms with van der Waals surface area (Å²) in [7, 11) is 0.750. The second kappa shape index (κ2) is 28.8. The predicted molar refractivity (Wildman–Crippen MR) is 190 cm³/mol. The molecule has 4 aromatic rings. The van der Waals surface area contributed by atoms with Crippen LogP contribution in [0.2, 0.25) is 13.1 Å². The minimum Gasteiger partial charge on any atom is -0.495 e. The molecule has 0 saturated carbocycles. The van der Waals surface area contributed by atoms with Gasteiger partial charge in [0.25, 0.3) is 0 Å². The van der Waals surface area contributed by atoms with Crippen LogP contribution in [0.1, 0.15) is 24.0 Å². The fourth-order valence-corrected chi connectivity index (χ4v) is 3.78. The molecule has 5 heteroatoms. The van der Waals surface area contributed by atoms with E-state index in [1.165, 1.54) is 16.7 Å². The number of para-hydroxylation sites is 1. The number of halogens is 2. The monoisotopic (exact) mass is 653 g/mol. The van der Waals surface area contributed by atoms with Gasteiger partial charge in [0.1, 0.15) is 5.75 Å². The van der Waals surface area contributed by atoms with E-state index >= 15 is 0 Å². The first-order chi connectivity index (χ1) is 17.2. The standard InChI is InChI=1S/C25H21O.C6H5.C2H7Si.4CH3.2ClH.Ti/c1-19-17-23(24(18-19)26-22-15-9-4-10-16-22)25(20-11-5-2-6-12-20)21-13-7-3-8-14-21;1-2-4-6-5-3-1;1-3-2;;;;;;;/h2-17,19,25H,1H3;1-5H;3H,1-2H3;4*1H3;2*1H;/q2*-1;;4*-1;;;. The number of hydrogen-bond acceptors (Lipinski definition) is 1. The molecule has 1 aliphatic rings. The van der Waals surface area contributed by atoms with Gasteiger partial charge >= 0.3 is 0 Å². The van der Waals surface area contributed by atoms with Gasteiger partial charge in [-0.25, -0.2) is 6.08 Å². The van der Waals surface area contributed by atoms with Crippen LogP contribution in [0.25, 0.3) is 0 Å². The topological polar surface area (TPSA) is 9.23 Å². The molecule has 1 radical (unpaired) electrons. The Morgan fingerprint density at radius 2 is 1.02 bits per heavy atom. The van der Waals surface area contributed by atoms with E-state index in [0.29, 0.717) is 0 Å². The Bertz CT molecular complexity index is 1110. The number of hydrogen-bond donors (Lipinski definition) is 0. The van der Waals surface area contributed by atoms with Crippen molar-refractivity contribution in [2.24, 2.45) is 5.92 Å². The summed E-state index contributed by atoms with van der Waals surface area (Å²) >= 11 is 0. The Labute approximate surface area is 288 Å². The quantitative estimate of drug-likeness (QED) is 0.154. The summed E-state index contributed by atoms with van der Waals surface area (Å²) in [6.07, 6.45) is 5.74. The van der Waals surface area contributed by atoms with Gasteiger partial charge in [0, 0.05) is 31.2 Å². The van der Waals surface area contributed by atoms with Gasteiger partial charge in [-0.15, -0.1) is 30.4 Å². The van der Waals surface area contributed by atoms with Gasteiger partial charge in [-0.2, -0.15) is 42.5 Å². The number of benzene rings is 4. The Kier molecular flexibility index (Phi) is 33.8. The second-order valence-electron chi connectivity index (χ2n) is 8.21. The Morgan fingerprint density at radius 1 is 0.643 bits per heavy atom. The molecule has 0 bridgehead atoms. The van der Waals surface area contributed by atoms with Crippen molar-refractivity contribution in [3.8, 4) is 5.75 Å². The maximum Gasteiger partial charge on any atom is 0.122 e. The maximum absolute atomic E-state index is 6.22. The van der Waals surface area contributed by atoms with Crippen LogP contribution in [-0.2, 0) is 21.7 Å². The van der Waals surface area contributed by atoms with Crippen LogP contribution in [0.3, 0.4) is 0 Å². The summed E-state index contributed by atoms with van der Waals surface area (Å²) in [6, 6.07) is 43.6. The summed E-state index contributed by atoms with van der Waals surface area (Å²) in [5.41, 5.74) is 3.70. The Hall–Kier alpha value is -2.33. The number of allylic oxidation sites excluding steroid dienone is 3. The molecule has 4 aromatic carbocycles. The van der Waals surface area contributed by atoms with Crippen molar-refractivity contribution in [3.63, 3.8) is 0 Å². The summed E-state index contributed by atoms with van der Waals surface area (Å²) in [5, 5.41) is 0. The number of rotatable bonds is 5. The van der Waals surface area contributed by atoms with Crippen molar-refractivity contribution in [2.45, 2.75) is 25.9 Å². The predicted octanol–water partition coefficient (Wildman–Crippen LogP) is 10.8. The molecule has 5 rings (SSSR count). The molecule has 0 aliphatic heterocycles. The summed E-state index contributed by atoms with van der Waals surface area (Å²) in [6.45, 7) is 6.56. The second-order valence-corrected chi connectivity index (χ2v) is 9.36. The molecule has 1 aliphatic carbocycles. The zero-order valence-corrected chi connectivity index (χ0v) is 30.4. The van der Waals surface area contributed by atoms with Gasteiger partial charge in [0.05, 0.1) is 0 Å². The molecule has 1 unspecified atom stereocenters. The minimum atomic E-state index is 0. The molecule has 0 saturated heterocycles. The molecular weight excluding hydrogens is 607 g/mol. The zero-order valence-electron chi connectivity index (χ0n) is 26.1. The van der Waals surface area contributed by atoms with Crippen LogP contribution in [0.4, 0.5) is 0 Å². The first kappa shape index (κ1) is 49.4. The summed E-state index contributed by atoms with van der Waals surface area (Å²) in [4.78, 5) is 0. The maximum atomic E-state index is 6.22. The average molecular weight is 655 g/mol. The van der Waals surface area contributed by atoms with E-state index in [1.54, 1.807) is 0 Å². The van der Waals surface area contributed by atoms with Crippen LogP contribution in [0.5, 0.6) is 5.75 Å². The molecule has 0 amide bonds. The van der Waals surface area contributed by atoms with Gasteiger partial charge in [-0.05, 0) is 23.8 Å². The third kappa shape index (κ3) is 16.3. The first-order valence-corrected chi connectivity index (χ1v) is 14.4. The third-order valence-corrected chi connectivity index (χ3v) is 5.20. The van der Waals surface area contributed by atoms with Gasteiger partial charge in [0.2, 0.25) is 0 Å². The van der Waals surface area contributed by atoms with E-state index in [-0.39, 0.29) is 88.1 Å². The van der Waals surface area contributed by atoms with Crippen LogP contribution in [0.15, 0.2) is 139 Å². The van der Waals surface area contributed by atoms with Crippen molar-refractivity contribution in [1.29, 1.82) is 0 Å². The van der Waals surface area contributed by atoms with Crippen LogP contribution in [0, 0.1) is 47.8 Å². The molecule has 0 aromatic heterocycles. The van der Waals surface area contributed by atoms with E-state index in [2.05, 4.69) is 98.9 Å². The van der Waals surface area contributed by atoms with E-state index in [0.717, 1.165) is 21.0 Å². The normalized spacial score (nSPS) is 11.7. The van der Waals surface area contributed by atoms with Crippen LogP contribution in [-0.4, -0.2) is 9.52 Å². The zero-order chi connectivity index (χ0) is 24.7. The largest absolute Gasteiger partial charge is 0.495 e. The van der Waals surface area contributed by atoms with E-state index in [4.69, 9.17) is 4.74 Å². The Morgan fingerprint density at radius 3 is 1.38 bits per heavy atom. The van der Waals surface area contributed by atoms with Gasteiger partial charge in [-0.1, -0.05) is 116 Å². The average Bonchev–Trinajstić information content (AvgIpc) is 3.27. The molecule has 0 heterocycles. The number of ether oxygens (including phenoxy) is 1. The van der Waals surface area contributed by atoms with E-state index in [9.17, 15) is 0 Å². The van der Waals surface area contributed by atoms with Crippen molar-refractivity contribution >= 4 is 34.3 Å². The van der Waals surface area contributed by atoms with Crippen molar-refractivity contribution < 1.29 is 26.5 Å². The molecule has 229 valence electrons. The van der Waals surface area contributed by atoms with Crippen molar-refractivity contribution in [2.75, 3.05) is 0 Å². The summed E-state index contributed by atoms with van der Waals surface area (Å²) in [5.74, 6) is 2.04. The van der Waals surface area contributed by atoms with Crippen molar-refractivity contribution in [1.82, 2.24) is 0 Å². The SMILES string of the molecule is CC1[C-]=C(Oc2ccccc2)C(C(c2ccccc2)c2ccccc2)=C1.C[SiH]C.Cl.Cl.[CH3-].[CH3-].[CH3-].[CH3-].[Ti].[c-]1ccccc1. The third-order valence-electron chi connectivity index (χ3n) is 5.20. The molecule has 1 atom stereocenters. The van der Waals surface area contributed by atoms with E-state index in [1.807, 2.05) is 60.7 Å². The fraction of sp³-hybridized carbons (Fsp3) is 0.135. The van der Waals surface area contributed by atoms with Gasteiger partial charge in [0.15, 0.2) is 0 Å². The molecule has 1 nitrogen and oxygen atoms in total. The molecule has 0 fully saturated rings. The Balaban J connectivity index is -0.000000250. The minimum absolute atomic E-state index is 0. The van der Waals surface area contributed by atoms with Gasteiger partial charge in [-0.3, -0.25) is 0 Å². The summed E-state index contributed by atoms with van der Waals surface area (Å²) < 4.78 is 6.22. The van der Waals surface area contributed by atoms with E-state index < -0.39 is 0 Å². The van der Waals surface area contributed by atoms with Gasteiger partial charge < -0.3 is 34.4 Å². The molecular formula is C37H47Cl2OSiTi-6. The van der Waals surface area contributed by atoms with Crippen LogP contribution >= 0.6 is 24.8 Å².